The molecular formula is C14H22N4O. The van der Waals surface area contributed by atoms with E-state index >= 15 is 0 Å². The quantitative estimate of drug-likeness (QED) is 0.776. The molecule has 0 aliphatic heterocycles. The molecule has 0 bridgehead atoms. The molecule has 1 saturated carbocycles. The van der Waals surface area contributed by atoms with Crippen molar-refractivity contribution in [1.82, 2.24) is 15.2 Å². The van der Waals surface area contributed by atoms with Crippen LogP contribution in [0, 0.1) is 0 Å². The van der Waals surface area contributed by atoms with E-state index in [1.165, 1.54) is 0 Å². The number of likely N-dealkylation sites (N-methyl/N-ethyl adjacent to an activating group) is 1. The number of hydrogen-bond donors (Lipinski definition) is 2. The number of aromatic nitrogens is 1. The molecule has 5 nitrogen and oxygen atoms in total. The minimum atomic E-state index is 0.104. The van der Waals surface area contributed by atoms with Crippen molar-refractivity contribution in [2.75, 3.05) is 25.5 Å². The van der Waals surface area contributed by atoms with Crippen LogP contribution < -0.4 is 10.6 Å². The molecule has 1 aromatic heterocycles. The Hall–Kier alpha value is -1.62. The number of hydrogen-bond acceptors (Lipinski definition) is 4. The normalized spacial score (nSPS) is 14.5. The van der Waals surface area contributed by atoms with E-state index < -0.39 is 0 Å². The second-order valence-electron chi connectivity index (χ2n) is 5.08. The first-order chi connectivity index (χ1) is 9.17. The number of pyridine rings is 1. The maximum Gasteiger partial charge on any atom is 0.234 e. The highest BCUT2D eigenvalue weighted by Gasteiger charge is 2.23. The van der Waals surface area contributed by atoms with Gasteiger partial charge in [0.25, 0.3) is 0 Å². The third kappa shape index (κ3) is 4.87. The van der Waals surface area contributed by atoms with E-state index in [1.807, 2.05) is 24.1 Å². The molecule has 0 saturated heterocycles. The summed E-state index contributed by atoms with van der Waals surface area (Å²) in [6, 6.07) is 4.40. The van der Waals surface area contributed by atoms with Crippen LogP contribution in [0.2, 0.25) is 0 Å². The molecule has 0 atom stereocenters. The number of carbonyl (C=O) groups is 1. The summed E-state index contributed by atoms with van der Waals surface area (Å²) >= 11 is 0. The molecule has 0 aromatic carbocycles. The molecule has 5 heteroatoms. The first kappa shape index (κ1) is 13.8. The van der Waals surface area contributed by atoms with Crippen molar-refractivity contribution < 1.29 is 4.79 Å². The molecule has 0 radical (unpaired) electrons. The lowest BCUT2D eigenvalue weighted by molar-refractivity contribution is -0.122. The topological polar surface area (TPSA) is 57.3 Å². The van der Waals surface area contributed by atoms with Gasteiger partial charge in [-0.1, -0.05) is 0 Å². The molecule has 104 valence electrons. The van der Waals surface area contributed by atoms with Gasteiger partial charge in [-0.25, -0.2) is 0 Å². The predicted octanol–water partition coefficient (Wildman–Crippen LogP) is 1.22. The Morgan fingerprint density at radius 3 is 3.00 bits per heavy atom. The minimum absolute atomic E-state index is 0.104. The lowest BCUT2D eigenvalue weighted by Gasteiger charge is -2.16. The second-order valence-corrected chi connectivity index (χ2v) is 5.08. The monoisotopic (exact) mass is 262 g/mol. The molecule has 1 aliphatic carbocycles. The summed E-state index contributed by atoms with van der Waals surface area (Å²) in [6.45, 7) is 4.05. The Morgan fingerprint density at radius 2 is 2.32 bits per heavy atom. The van der Waals surface area contributed by atoms with Crippen molar-refractivity contribution in [3.63, 3.8) is 0 Å². The first-order valence-corrected chi connectivity index (χ1v) is 6.84. The number of rotatable bonds is 7. The fourth-order valence-electron chi connectivity index (χ4n) is 1.96. The van der Waals surface area contributed by atoms with Gasteiger partial charge in [-0.2, -0.15) is 0 Å². The van der Waals surface area contributed by atoms with Gasteiger partial charge >= 0.3 is 0 Å². The highest BCUT2D eigenvalue weighted by molar-refractivity contribution is 5.78. The fraction of sp³-hybridized carbons (Fsp3) is 0.571. The maximum atomic E-state index is 11.7. The third-order valence-electron chi connectivity index (χ3n) is 2.99. The highest BCUT2D eigenvalue weighted by Crippen LogP contribution is 2.18. The molecule has 2 rings (SSSR count). The second kappa shape index (κ2) is 6.52. The Labute approximate surface area is 114 Å². The summed E-state index contributed by atoms with van der Waals surface area (Å²) in [4.78, 5) is 18.0. The lowest BCUT2D eigenvalue weighted by atomic mass is 10.3. The highest BCUT2D eigenvalue weighted by atomic mass is 16.2. The molecule has 19 heavy (non-hydrogen) atoms. The molecule has 1 fully saturated rings. The van der Waals surface area contributed by atoms with Crippen molar-refractivity contribution in [2.24, 2.45) is 0 Å². The van der Waals surface area contributed by atoms with E-state index in [2.05, 4.69) is 22.5 Å². The van der Waals surface area contributed by atoms with Gasteiger partial charge in [0.05, 0.1) is 12.2 Å². The van der Waals surface area contributed by atoms with Gasteiger partial charge in [0.2, 0.25) is 5.91 Å². The van der Waals surface area contributed by atoms with Crippen molar-refractivity contribution in [1.29, 1.82) is 0 Å². The van der Waals surface area contributed by atoms with E-state index in [9.17, 15) is 4.79 Å². The predicted molar refractivity (Wildman–Crippen MR) is 75.9 cm³/mol. The van der Waals surface area contributed by atoms with Gasteiger partial charge in [-0.15, -0.1) is 0 Å². The van der Waals surface area contributed by atoms with E-state index in [0.717, 1.165) is 30.8 Å². The summed E-state index contributed by atoms with van der Waals surface area (Å²) in [5.41, 5.74) is 2.04. The molecule has 0 unspecified atom stereocenters. The zero-order chi connectivity index (χ0) is 13.7. The van der Waals surface area contributed by atoms with E-state index in [4.69, 9.17) is 0 Å². The minimum Gasteiger partial charge on any atom is -0.385 e. The standard InChI is InChI=1S/C14H22N4O/c1-3-15-12-6-7-16-13(8-12)9-18(2)10-14(19)17-11-4-5-11/h6-8,11H,3-5,9-10H2,1-2H3,(H,15,16)(H,17,19). The number of anilines is 1. The molecule has 1 amide bonds. The summed E-state index contributed by atoms with van der Waals surface area (Å²) in [5.74, 6) is 0.104. The Kier molecular flexibility index (Phi) is 4.74. The molecule has 1 aliphatic rings. The third-order valence-corrected chi connectivity index (χ3v) is 2.99. The van der Waals surface area contributed by atoms with E-state index in [-0.39, 0.29) is 5.91 Å². The SMILES string of the molecule is CCNc1ccnc(CN(C)CC(=O)NC2CC2)c1. The summed E-state index contributed by atoms with van der Waals surface area (Å²) < 4.78 is 0. The molecule has 2 N–H and O–H groups in total. The number of carbonyl (C=O) groups excluding carboxylic acids is 1. The van der Waals surface area contributed by atoms with Gasteiger partial charge in [-0.05, 0) is 38.9 Å². The van der Waals surface area contributed by atoms with E-state index in [0.29, 0.717) is 19.1 Å². The van der Waals surface area contributed by atoms with Crippen molar-refractivity contribution in [3.05, 3.63) is 24.0 Å². The van der Waals surface area contributed by atoms with Crippen LogP contribution in [0.25, 0.3) is 0 Å². The Morgan fingerprint density at radius 1 is 1.53 bits per heavy atom. The van der Waals surface area contributed by atoms with Crippen LogP contribution in [-0.2, 0) is 11.3 Å². The molecule has 0 spiro atoms. The average molecular weight is 262 g/mol. The van der Waals surface area contributed by atoms with Gasteiger partial charge in [0.1, 0.15) is 0 Å². The summed E-state index contributed by atoms with van der Waals surface area (Å²) in [5, 5.41) is 6.25. The van der Waals surface area contributed by atoms with Crippen molar-refractivity contribution in [2.45, 2.75) is 32.4 Å². The van der Waals surface area contributed by atoms with Crippen LogP contribution in [0.5, 0.6) is 0 Å². The number of nitrogens with one attached hydrogen (secondary N) is 2. The maximum absolute atomic E-state index is 11.7. The van der Waals surface area contributed by atoms with Gasteiger partial charge in [-0.3, -0.25) is 14.7 Å². The summed E-state index contributed by atoms with van der Waals surface area (Å²) in [7, 11) is 1.94. The number of amides is 1. The van der Waals surface area contributed by atoms with Crippen LogP contribution in [-0.4, -0.2) is 42.0 Å². The lowest BCUT2D eigenvalue weighted by Crippen LogP contribution is -2.36. The van der Waals surface area contributed by atoms with Crippen LogP contribution in [0.3, 0.4) is 0 Å². The molecule has 1 aromatic rings. The average Bonchev–Trinajstić information content (AvgIpc) is 3.13. The van der Waals surface area contributed by atoms with Crippen molar-refractivity contribution in [3.8, 4) is 0 Å². The van der Waals surface area contributed by atoms with Gasteiger partial charge in [0, 0.05) is 31.0 Å². The zero-order valence-corrected chi connectivity index (χ0v) is 11.6. The van der Waals surface area contributed by atoms with E-state index in [1.54, 1.807) is 6.20 Å². The van der Waals surface area contributed by atoms with Crippen molar-refractivity contribution >= 4 is 11.6 Å². The smallest absolute Gasteiger partial charge is 0.234 e. The fourth-order valence-corrected chi connectivity index (χ4v) is 1.96. The number of nitrogens with zero attached hydrogens (tertiary/aromatic N) is 2. The first-order valence-electron chi connectivity index (χ1n) is 6.84. The van der Waals surface area contributed by atoms with Crippen LogP contribution in [0.15, 0.2) is 18.3 Å². The summed E-state index contributed by atoms with van der Waals surface area (Å²) in [6.07, 6.45) is 4.05. The Balaban J connectivity index is 1.81. The Bertz CT molecular complexity index is 431. The van der Waals surface area contributed by atoms with Crippen LogP contribution >= 0.6 is 0 Å². The van der Waals surface area contributed by atoms with Gasteiger partial charge in [0.15, 0.2) is 0 Å². The zero-order valence-electron chi connectivity index (χ0n) is 11.6. The van der Waals surface area contributed by atoms with Crippen LogP contribution in [0.4, 0.5) is 5.69 Å². The molecule has 1 heterocycles. The van der Waals surface area contributed by atoms with Crippen LogP contribution in [0.1, 0.15) is 25.5 Å². The molecular weight excluding hydrogens is 240 g/mol. The van der Waals surface area contributed by atoms with Gasteiger partial charge < -0.3 is 10.6 Å². The largest absolute Gasteiger partial charge is 0.385 e.